The number of benzene rings is 1. The van der Waals surface area contributed by atoms with Crippen LogP contribution in [0.3, 0.4) is 0 Å². The molecule has 2 saturated heterocycles. The third-order valence-corrected chi connectivity index (χ3v) is 8.81. The molecule has 13 heteroatoms. The fraction of sp³-hybridized carbons (Fsp3) is 0.611. The second-order valence-corrected chi connectivity index (χ2v) is 14.9. The molecule has 0 spiro atoms. The molecule has 1 aromatic heterocycles. The fourth-order valence-corrected chi connectivity index (χ4v) is 6.44. The Kier molecular flexibility index (Phi) is 12.1. The zero-order chi connectivity index (χ0) is 36.0. The number of carbonyl (C=O) groups is 6. The van der Waals surface area contributed by atoms with Crippen LogP contribution in [0, 0.1) is 11.8 Å². The molecule has 2 aliphatic rings. The summed E-state index contributed by atoms with van der Waals surface area (Å²) in [5, 5.41) is 12.1. The predicted molar refractivity (Wildman–Crippen MR) is 184 cm³/mol. The Labute approximate surface area is 288 Å². The molecular weight excluding hydrogens is 628 g/mol. The highest BCUT2D eigenvalue weighted by molar-refractivity contribution is 5.99. The number of fused-ring (bicyclic) bond motifs is 2. The number of para-hydroxylation sites is 1. The highest BCUT2D eigenvalue weighted by atomic mass is 16.6. The van der Waals surface area contributed by atoms with E-state index in [1.165, 1.54) is 4.90 Å². The highest BCUT2D eigenvalue weighted by Gasteiger charge is 2.41. The van der Waals surface area contributed by atoms with Gasteiger partial charge >= 0.3 is 5.97 Å². The van der Waals surface area contributed by atoms with Crippen molar-refractivity contribution < 1.29 is 33.5 Å². The van der Waals surface area contributed by atoms with Crippen LogP contribution in [0.4, 0.5) is 0 Å². The molecule has 2 fully saturated rings. The van der Waals surface area contributed by atoms with Gasteiger partial charge in [0.15, 0.2) is 0 Å². The number of nitrogens with zero attached hydrogens (tertiary/aromatic N) is 1. The number of hydrogen-bond acceptors (Lipinski definition) is 7. The average Bonchev–Trinajstić information content (AvgIpc) is 3.43. The van der Waals surface area contributed by atoms with Gasteiger partial charge in [-0.3, -0.25) is 28.8 Å². The molecule has 2 aliphatic heterocycles. The maximum Gasteiger partial charge on any atom is 0.308 e. The number of carbonyl (C=O) groups excluding carboxylic acids is 6. The third-order valence-electron chi connectivity index (χ3n) is 8.81. The fourth-order valence-electron chi connectivity index (χ4n) is 6.44. The van der Waals surface area contributed by atoms with Crippen molar-refractivity contribution in [3.05, 3.63) is 36.0 Å². The summed E-state index contributed by atoms with van der Waals surface area (Å²) in [7, 11) is 0. The van der Waals surface area contributed by atoms with Gasteiger partial charge in [-0.05, 0) is 69.9 Å². The van der Waals surface area contributed by atoms with Gasteiger partial charge in [0.05, 0.1) is 6.42 Å². The van der Waals surface area contributed by atoms with Crippen LogP contribution in [0.25, 0.3) is 10.9 Å². The van der Waals surface area contributed by atoms with Gasteiger partial charge in [-0.2, -0.15) is 0 Å². The van der Waals surface area contributed by atoms with Crippen molar-refractivity contribution in [3.8, 4) is 0 Å². The Hall–Kier alpha value is -4.42. The van der Waals surface area contributed by atoms with Crippen LogP contribution < -0.4 is 21.3 Å². The Morgan fingerprint density at radius 3 is 2.18 bits per heavy atom. The van der Waals surface area contributed by atoms with Crippen molar-refractivity contribution >= 4 is 46.4 Å². The maximum absolute atomic E-state index is 14.3. The van der Waals surface area contributed by atoms with Gasteiger partial charge in [0.25, 0.3) is 0 Å². The number of aromatic amines is 1. The lowest BCUT2D eigenvalue weighted by atomic mass is 9.97. The minimum Gasteiger partial charge on any atom is -0.460 e. The van der Waals surface area contributed by atoms with Crippen LogP contribution in [0.15, 0.2) is 30.5 Å². The number of aromatic nitrogens is 1. The lowest BCUT2D eigenvalue weighted by Crippen LogP contribution is -2.61. The molecule has 0 radical (unpaired) electrons. The molecule has 3 heterocycles. The first-order valence-electron chi connectivity index (χ1n) is 17.3. The molecule has 0 aliphatic carbocycles. The molecule has 268 valence electrons. The number of nitrogens with one attached hydrogen (secondary N) is 5. The number of rotatable bonds is 7. The summed E-state index contributed by atoms with van der Waals surface area (Å²) < 4.78 is 5.53. The summed E-state index contributed by atoms with van der Waals surface area (Å²) in [6.45, 7) is 12.7. The first-order chi connectivity index (χ1) is 23.0. The monoisotopic (exact) mass is 680 g/mol. The van der Waals surface area contributed by atoms with E-state index in [-0.39, 0.29) is 31.2 Å². The van der Waals surface area contributed by atoms with Crippen molar-refractivity contribution in [1.82, 2.24) is 31.2 Å². The van der Waals surface area contributed by atoms with Crippen molar-refractivity contribution in [2.24, 2.45) is 11.8 Å². The van der Waals surface area contributed by atoms with E-state index in [1.807, 2.05) is 38.1 Å². The summed E-state index contributed by atoms with van der Waals surface area (Å²) >= 11 is 0. The third kappa shape index (κ3) is 9.82. The van der Waals surface area contributed by atoms with E-state index in [1.54, 1.807) is 40.8 Å². The topological polar surface area (TPSA) is 179 Å². The Balaban J connectivity index is 1.79. The summed E-state index contributed by atoms with van der Waals surface area (Å²) in [6.07, 6.45) is 3.24. The second kappa shape index (κ2) is 15.9. The lowest BCUT2D eigenvalue weighted by molar-refractivity contribution is -0.158. The van der Waals surface area contributed by atoms with E-state index in [9.17, 15) is 28.8 Å². The number of esters is 1. The maximum atomic E-state index is 14.3. The largest absolute Gasteiger partial charge is 0.460 e. The standard InChI is InChI=1S/C36H52N6O7/c1-20(2)16-25-31(44)38-26(17-22-19-37-24-13-9-8-12-23(22)24)32(45)40-27(18-29(43)49-36(5,6)7)35(48)42-15-11-10-14-28(42)33(46)41-30(21(3)4)34(47)39-25/h8-9,12-13,19-21,25-28,30,37H,10-11,14-18H2,1-7H3,(H,38,44)(H,39,47)(H,40,45)(H,41,46)/t25-,26+,27+,28-,30+/m0/s1. The first kappa shape index (κ1) is 37.4. The van der Waals surface area contributed by atoms with Crippen LogP contribution in [-0.4, -0.2) is 87.7 Å². The van der Waals surface area contributed by atoms with Crippen LogP contribution in [-0.2, 0) is 39.9 Å². The van der Waals surface area contributed by atoms with Gasteiger partial charge in [0, 0.05) is 30.1 Å². The number of ether oxygens (including phenoxy) is 1. The Morgan fingerprint density at radius 2 is 1.51 bits per heavy atom. The summed E-state index contributed by atoms with van der Waals surface area (Å²) in [5.41, 5.74) is 0.747. The molecule has 5 N–H and O–H groups in total. The van der Waals surface area contributed by atoms with Crippen LogP contribution in [0.5, 0.6) is 0 Å². The number of H-pyrrole nitrogens is 1. The molecule has 13 nitrogen and oxygen atoms in total. The van der Waals surface area contributed by atoms with E-state index in [2.05, 4.69) is 26.3 Å². The number of hydrogen-bond donors (Lipinski definition) is 5. The normalized spacial score (nSPS) is 24.8. The van der Waals surface area contributed by atoms with E-state index in [4.69, 9.17) is 4.74 Å². The smallest absolute Gasteiger partial charge is 0.308 e. The minimum atomic E-state index is -1.38. The highest BCUT2D eigenvalue weighted by Crippen LogP contribution is 2.23. The van der Waals surface area contributed by atoms with Crippen molar-refractivity contribution in [1.29, 1.82) is 0 Å². The zero-order valence-corrected chi connectivity index (χ0v) is 29.7. The van der Waals surface area contributed by atoms with E-state index in [0.717, 1.165) is 16.5 Å². The minimum absolute atomic E-state index is 0.00209. The van der Waals surface area contributed by atoms with Gasteiger partial charge in [-0.15, -0.1) is 0 Å². The van der Waals surface area contributed by atoms with Crippen LogP contribution >= 0.6 is 0 Å². The summed E-state index contributed by atoms with van der Waals surface area (Å²) in [4.78, 5) is 87.6. The van der Waals surface area contributed by atoms with Gasteiger partial charge in [-0.25, -0.2) is 0 Å². The van der Waals surface area contributed by atoms with Crippen molar-refractivity contribution in [3.63, 3.8) is 0 Å². The lowest BCUT2D eigenvalue weighted by Gasteiger charge is -2.38. The number of amides is 5. The second-order valence-electron chi connectivity index (χ2n) is 14.9. The van der Waals surface area contributed by atoms with Gasteiger partial charge < -0.3 is 35.9 Å². The van der Waals surface area contributed by atoms with E-state index in [0.29, 0.717) is 19.3 Å². The first-order valence-corrected chi connectivity index (χ1v) is 17.3. The molecular formula is C36H52N6O7. The number of piperidine rings is 1. The predicted octanol–water partition coefficient (Wildman–Crippen LogP) is 2.48. The summed E-state index contributed by atoms with van der Waals surface area (Å²) in [6, 6.07) is 2.05. The van der Waals surface area contributed by atoms with Gasteiger partial charge in [-0.1, -0.05) is 45.9 Å². The van der Waals surface area contributed by atoms with E-state index < -0.39 is 77.7 Å². The van der Waals surface area contributed by atoms with Gasteiger partial charge in [0.2, 0.25) is 29.5 Å². The molecule has 1 aromatic carbocycles. The SMILES string of the molecule is CC(C)C[C@@H]1NC(=O)[C@@H](C(C)C)NC(=O)[C@@H]2CCCCN2C(=O)[C@@H](CC(=O)OC(C)(C)C)NC(=O)[C@@H](Cc2c[nH]c3ccccc23)NC1=O. The molecule has 5 amide bonds. The molecule has 2 aromatic rings. The van der Waals surface area contributed by atoms with Crippen LogP contribution in [0.1, 0.15) is 86.1 Å². The summed E-state index contributed by atoms with van der Waals surface area (Å²) in [5.74, 6) is -3.98. The van der Waals surface area contributed by atoms with E-state index >= 15 is 0 Å². The quantitative estimate of drug-likeness (QED) is 0.279. The molecule has 0 saturated carbocycles. The average molecular weight is 681 g/mol. The molecule has 5 atom stereocenters. The van der Waals surface area contributed by atoms with Crippen molar-refractivity contribution in [2.45, 2.75) is 123 Å². The molecule has 4 rings (SSSR count). The Morgan fingerprint density at radius 1 is 0.857 bits per heavy atom. The molecule has 49 heavy (non-hydrogen) atoms. The van der Waals surface area contributed by atoms with Crippen LogP contribution in [0.2, 0.25) is 0 Å². The molecule has 0 bridgehead atoms. The van der Waals surface area contributed by atoms with Gasteiger partial charge in [0.1, 0.15) is 35.8 Å². The zero-order valence-electron chi connectivity index (χ0n) is 29.7. The molecule has 0 unspecified atom stereocenters. The Bertz CT molecular complexity index is 1540. The van der Waals surface area contributed by atoms with Crippen molar-refractivity contribution in [2.75, 3.05) is 6.54 Å².